The standard InChI is InChI=1S/C13H13Cl2NS/c1-9(13-3-2-6-17-13)16-8-10-4-5-11(14)12(15)7-10/h2-7,9,16H,8H2,1H3/t9-/m0/s1. The van der Waals surface area contributed by atoms with Gasteiger partial charge in [0.2, 0.25) is 0 Å². The van der Waals surface area contributed by atoms with E-state index in [-0.39, 0.29) is 0 Å². The molecule has 2 aromatic rings. The fourth-order valence-corrected chi connectivity index (χ4v) is 2.64. The molecule has 0 aliphatic carbocycles. The molecule has 0 spiro atoms. The van der Waals surface area contributed by atoms with E-state index in [2.05, 4.69) is 29.8 Å². The zero-order valence-electron chi connectivity index (χ0n) is 9.41. The molecule has 0 saturated carbocycles. The first-order valence-electron chi connectivity index (χ1n) is 5.37. The first kappa shape index (κ1) is 12.9. The molecule has 90 valence electrons. The molecule has 17 heavy (non-hydrogen) atoms. The van der Waals surface area contributed by atoms with Crippen molar-refractivity contribution in [3.8, 4) is 0 Å². The largest absolute Gasteiger partial charge is 0.305 e. The van der Waals surface area contributed by atoms with Crippen molar-refractivity contribution in [3.05, 3.63) is 56.2 Å². The van der Waals surface area contributed by atoms with Gasteiger partial charge in [0.15, 0.2) is 0 Å². The van der Waals surface area contributed by atoms with Crippen LogP contribution in [0, 0.1) is 0 Å². The molecule has 0 fully saturated rings. The highest BCUT2D eigenvalue weighted by atomic mass is 35.5. The van der Waals surface area contributed by atoms with E-state index in [0.29, 0.717) is 16.1 Å². The summed E-state index contributed by atoms with van der Waals surface area (Å²) in [6.45, 7) is 2.94. The zero-order chi connectivity index (χ0) is 12.3. The number of halogens is 2. The molecule has 1 atom stereocenters. The number of rotatable bonds is 4. The van der Waals surface area contributed by atoms with E-state index in [1.165, 1.54) is 4.88 Å². The van der Waals surface area contributed by atoms with Crippen LogP contribution in [0.25, 0.3) is 0 Å². The Morgan fingerprint density at radius 1 is 1.24 bits per heavy atom. The second-order valence-electron chi connectivity index (χ2n) is 3.87. The summed E-state index contributed by atoms with van der Waals surface area (Å²) in [4.78, 5) is 1.34. The van der Waals surface area contributed by atoms with Crippen LogP contribution in [-0.2, 0) is 6.54 Å². The van der Waals surface area contributed by atoms with E-state index >= 15 is 0 Å². The fraction of sp³-hybridized carbons (Fsp3) is 0.231. The summed E-state index contributed by atoms with van der Waals surface area (Å²) in [7, 11) is 0. The molecular weight excluding hydrogens is 273 g/mol. The molecule has 1 nitrogen and oxygen atoms in total. The van der Waals surface area contributed by atoms with E-state index < -0.39 is 0 Å². The van der Waals surface area contributed by atoms with Gasteiger partial charge in [0, 0.05) is 17.5 Å². The van der Waals surface area contributed by atoms with E-state index in [1.54, 1.807) is 11.3 Å². The van der Waals surface area contributed by atoms with Crippen molar-refractivity contribution in [2.45, 2.75) is 19.5 Å². The van der Waals surface area contributed by atoms with Crippen LogP contribution in [0.5, 0.6) is 0 Å². The van der Waals surface area contributed by atoms with Crippen LogP contribution >= 0.6 is 34.5 Å². The summed E-state index contributed by atoms with van der Waals surface area (Å²) >= 11 is 13.6. The van der Waals surface area contributed by atoms with Crippen molar-refractivity contribution in [1.29, 1.82) is 0 Å². The Labute approximate surface area is 115 Å². The molecular formula is C13H13Cl2NS. The number of benzene rings is 1. The molecule has 4 heteroatoms. The molecule has 0 aliphatic rings. The van der Waals surface area contributed by atoms with Crippen molar-refractivity contribution in [3.63, 3.8) is 0 Å². The van der Waals surface area contributed by atoms with Crippen LogP contribution in [0.2, 0.25) is 10.0 Å². The lowest BCUT2D eigenvalue weighted by atomic mass is 10.2. The van der Waals surface area contributed by atoms with Gasteiger partial charge in [0.05, 0.1) is 10.0 Å². The first-order valence-corrected chi connectivity index (χ1v) is 7.01. The summed E-state index contributed by atoms with van der Waals surface area (Å²) in [6.07, 6.45) is 0. The summed E-state index contributed by atoms with van der Waals surface area (Å²) in [5.74, 6) is 0. The highest BCUT2D eigenvalue weighted by molar-refractivity contribution is 7.10. The Bertz CT molecular complexity index is 482. The van der Waals surface area contributed by atoms with Crippen LogP contribution in [0.15, 0.2) is 35.7 Å². The highest BCUT2D eigenvalue weighted by Crippen LogP contribution is 2.23. The third kappa shape index (κ3) is 3.46. The van der Waals surface area contributed by atoms with Gasteiger partial charge < -0.3 is 5.32 Å². The minimum atomic E-state index is 0.351. The van der Waals surface area contributed by atoms with Crippen LogP contribution in [0.3, 0.4) is 0 Å². The summed E-state index contributed by atoms with van der Waals surface area (Å²) in [5.41, 5.74) is 1.14. The molecule has 1 aromatic carbocycles. The lowest BCUT2D eigenvalue weighted by Gasteiger charge is -2.12. The SMILES string of the molecule is C[C@H](NCc1ccc(Cl)c(Cl)c1)c1cccs1. The predicted octanol–water partition coefficient (Wildman–Crippen LogP) is 4.91. The maximum atomic E-state index is 5.97. The average molecular weight is 286 g/mol. The van der Waals surface area contributed by atoms with Gasteiger partial charge >= 0.3 is 0 Å². The van der Waals surface area contributed by atoms with E-state index in [9.17, 15) is 0 Å². The predicted molar refractivity (Wildman–Crippen MR) is 76.0 cm³/mol. The Kier molecular flexibility index (Phi) is 4.46. The lowest BCUT2D eigenvalue weighted by molar-refractivity contribution is 0.583. The highest BCUT2D eigenvalue weighted by Gasteiger charge is 2.06. The second kappa shape index (κ2) is 5.87. The van der Waals surface area contributed by atoms with Crippen molar-refractivity contribution in [2.24, 2.45) is 0 Å². The maximum absolute atomic E-state index is 5.97. The van der Waals surface area contributed by atoms with Crippen molar-refractivity contribution in [2.75, 3.05) is 0 Å². The number of hydrogen-bond donors (Lipinski definition) is 1. The molecule has 0 saturated heterocycles. The van der Waals surface area contributed by atoms with E-state index in [0.717, 1.165) is 12.1 Å². The number of thiophene rings is 1. The number of hydrogen-bond acceptors (Lipinski definition) is 2. The fourth-order valence-electron chi connectivity index (χ4n) is 1.56. The van der Waals surface area contributed by atoms with Crippen molar-refractivity contribution < 1.29 is 0 Å². The summed E-state index contributed by atoms with van der Waals surface area (Å²) in [6, 6.07) is 10.3. The van der Waals surface area contributed by atoms with Crippen LogP contribution < -0.4 is 5.32 Å². The quantitative estimate of drug-likeness (QED) is 0.842. The maximum Gasteiger partial charge on any atom is 0.0595 e. The van der Waals surface area contributed by atoms with E-state index in [1.807, 2.05) is 18.2 Å². The molecule has 1 aromatic heterocycles. The van der Waals surface area contributed by atoms with Gasteiger partial charge in [-0.25, -0.2) is 0 Å². The summed E-state index contributed by atoms with van der Waals surface area (Å²) in [5, 5.41) is 6.75. The molecule has 0 bridgehead atoms. The van der Waals surface area contributed by atoms with Crippen LogP contribution in [-0.4, -0.2) is 0 Å². The lowest BCUT2D eigenvalue weighted by Crippen LogP contribution is -2.17. The number of nitrogens with one attached hydrogen (secondary N) is 1. The van der Waals surface area contributed by atoms with Crippen LogP contribution in [0.4, 0.5) is 0 Å². The van der Waals surface area contributed by atoms with Gasteiger partial charge in [-0.3, -0.25) is 0 Å². The van der Waals surface area contributed by atoms with Crippen LogP contribution in [0.1, 0.15) is 23.4 Å². The van der Waals surface area contributed by atoms with Gasteiger partial charge in [0.25, 0.3) is 0 Å². The second-order valence-corrected chi connectivity index (χ2v) is 5.66. The first-order chi connectivity index (χ1) is 8.16. The Hall–Kier alpha value is -0.540. The summed E-state index contributed by atoms with van der Waals surface area (Å²) < 4.78 is 0. The van der Waals surface area contributed by atoms with Gasteiger partial charge in [-0.2, -0.15) is 0 Å². The molecule has 0 radical (unpaired) electrons. The molecule has 1 N–H and O–H groups in total. The van der Waals surface area contributed by atoms with Crippen molar-refractivity contribution >= 4 is 34.5 Å². The van der Waals surface area contributed by atoms with Gasteiger partial charge in [-0.15, -0.1) is 11.3 Å². The van der Waals surface area contributed by atoms with Crippen molar-refractivity contribution in [1.82, 2.24) is 5.32 Å². The van der Waals surface area contributed by atoms with E-state index in [4.69, 9.17) is 23.2 Å². The van der Waals surface area contributed by atoms with Gasteiger partial charge in [0.1, 0.15) is 0 Å². The molecule has 1 heterocycles. The molecule has 0 amide bonds. The third-order valence-corrected chi connectivity index (χ3v) is 4.36. The monoisotopic (exact) mass is 285 g/mol. The Morgan fingerprint density at radius 2 is 2.06 bits per heavy atom. The smallest absolute Gasteiger partial charge is 0.0595 e. The van der Waals surface area contributed by atoms with Gasteiger partial charge in [-0.1, -0.05) is 35.3 Å². The Balaban J connectivity index is 1.96. The topological polar surface area (TPSA) is 12.0 Å². The van der Waals surface area contributed by atoms with Gasteiger partial charge in [-0.05, 0) is 36.1 Å². The Morgan fingerprint density at radius 3 is 2.71 bits per heavy atom. The third-order valence-electron chi connectivity index (χ3n) is 2.57. The minimum absolute atomic E-state index is 0.351. The molecule has 0 unspecified atom stereocenters. The minimum Gasteiger partial charge on any atom is -0.305 e. The normalized spacial score (nSPS) is 12.6. The zero-order valence-corrected chi connectivity index (χ0v) is 11.7. The molecule has 2 rings (SSSR count). The molecule has 0 aliphatic heterocycles. The average Bonchev–Trinajstić information content (AvgIpc) is 2.84.